The van der Waals surface area contributed by atoms with Crippen LogP contribution in [0, 0.1) is 0 Å². The smallest absolute Gasteiger partial charge is 0.508 e. The topological polar surface area (TPSA) is 71.4 Å². The zero-order valence-electron chi connectivity index (χ0n) is 21.6. The second-order valence-electron chi connectivity index (χ2n) is 9.49. The summed E-state index contributed by atoms with van der Waals surface area (Å²) in [6.07, 6.45) is 0.378. The van der Waals surface area contributed by atoms with Crippen molar-refractivity contribution in [3.05, 3.63) is 124 Å². The van der Waals surface area contributed by atoms with Gasteiger partial charge in [-0.05, 0) is 60.5 Å². The Morgan fingerprint density at radius 3 is 2.23 bits per heavy atom. The minimum atomic E-state index is -4.09. The van der Waals surface area contributed by atoms with Crippen molar-refractivity contribution in [2.45, 2.75) is 25.9 Å². The molecule has 0 radical (unpaired) electrons. The molecule has 202 valence electrons. The molecule has 0 bridgehead atoms. The lowest BCUT2D eigenvalue weighted by atomic mass is 9.92. The Balaban J connectivity index is 1.45. The minimum Gasteiger partial charge on any atom is -0.508 e. The number of para-hydroxylation sites is 2. The highest BCUT2D eigenvalue weighted by atomic mass is 35.5. The van der Waals surface area contributed by atoms with Gasteiger partial charge >= 0.3 is 7.75 Å². The van der Waals surface area contributed by atoms with Gasteiger partial charge in [0.1, 0.15) is 23.1 Å². The number of amidine groups is 1. The molecule has 0 amide bonds. The van der Waals surface area contributed by atoms with Gasteiger partial charge in [-0.3, -0.25) is 0 Å². The molecule has 9 heteroatoms. The number of phenolic OH excluding ortho intramolecular Hbond substituents is 1. The van der Waals surface area contributed by atoms with Crippen molar-refractivity contribution in [3.8, 4) is 17.2 Å². The average Bonchev–Trinajstić information content (AvgIpc) is 3.27. The summed E-state index contributed by atoms with van der Waals surface area (Å²) in [7, 11) is -4.09. The van der Waals surface area contributed by atoms with Crippen LogP contribution in [-0.4, -0.2) is 15.8 Å². The van der Waals surface area contributed by atoms with Crippen LogP contribution in [0.25, 0.3) is 10.1 Å². The molecule has 1 N–H and O–H groups in total. The van der Waals surface area contributed by atoms with Gasteiger partial charge in [0.05, 0.1) is 17.6 Å². The van der Waals surface area contributed by atoms with Crippen LogP contribution in [0.3, 0.4) is 0 Å². The third-order valence-corrected chi connectivity index (χ3v) is 9.87. The van der Waals surface area contributed by atoms with Gasteiger partial charge in [0.15, 0.2) is 0 Å². The minimum absolute atomic E-state index is 0.191. The standard InChI is InChI=1S/C31H26ClN2O4PS/c1-21-27-19-23(35)17-16-22(27)18-30(34(21)20-29-31(32)26-14-8-9-15-28(26)40-29)33-39(36,37-24-10-4-2-5-11-24)38-25-12-6-3-7-13-25/h2-17,19,21,35H,18,20H2,1H3/b33-30-. The number of thiophene rings is 1. The molecule has 6 rings (SSSR count). The fourth-order valence-electron chi connectivity index (χ4n) is 4.87. The molecule has 1 aliphatic rings. The maximum atomic E-state index is 14.4. The number of aromatic hydroxyl groups is 1. The largest absolute Gasteiger partial charge is 0.564 e. The Hall–Kier alpha value is -3.77. The van der Waals surface area contributed by atoms with Gasteiger partial charge in [0.2, 0.25) is 0 Å². The van der Waals surface area contributed by atoms with E-state index in [9.17, 15) is 9.67 Å². The van der Waals surface area contributed by atoms with Crippen molar-refractivity contribution in [1.29, 1.82) is 0 Å². The van der Waals surface area contributed by atoms with Crippen LogP contribution in [0.15, 0.2) is 108 Å². The van der Waals surface area contributed by atoms with Crippen LogP contribution < -0.4 is 9.05 Å². The molecule has 1 aromatic heterocycles. The first-order valence-corrected chi connectivity index (χ1v) is 15.5. The monoisotopic (exact) mass is 588 g/mol. The van der Waals surface area contributed by atoms with Crippen molar-refractivity contribution in [2.24, 2.45) is 4.76 Å². The van der Waals surface area contributed by atoms with Crippen LogP contribution in [0.2, 0.25) is 5.02 Å². The maximum absolute atomic E-state index is 14.4. The van der Waals surface area contributed by atoms with Gasteiger partial charge in [-0.15, -0.1) is 16.1 Å². The van der Waals surface area contributed by atoms with Crippen molar-refractivity contribution >= 4 is 46.6 Å². The number of nitrogens with zero attached hydrogens (tertiary/aromatic N) is 2. The van der Waals surface area contributed by atoms with Crippen LogP contribution in [-0.2, 0) is 17.5 Å². The number of fused-ring (bicyclic) bond motifs is 2. The normalized spacial score (nSPS) is 16.2. The number of halogens is 1. The molecular weight excluding hydrogens is 563 g/mol. The van der Waals surface area contributed by atoms with Crippen molar-refractivity contribution < 1.29 is 18.7 Å². The predicted molar refractivity (Wildman–Crippen MR) is 162 cm³/mol. The highest BCUT2D eigenvalue weighted by molar-refractivity contribution is 7.53. The number of rotatable bonds is 7. The van der Waals surface area contributed by atoms with E-state index in [1.807, 2.05) is 49.4 Å². The molecule has 2 heterocycles. The molecule has 40 heavy (non-hydrogen) atoms. The molecule has 0 spiro atoms. The van der Waals surface area contributed by atoms with E-state index in [2.05, 4.69) is 4.90 Å². The van der Waals surface area contributed by atoms with Gasteiger partial charge in [0, 0.05) is 21.4 Å². The Bertz CT molecular complexity index is 1700. The van der Waals surface area contributed by atoms with Gasteiger partial charge in [-0.25, -0.2) is 4.57 Å². The summed E-state index contributed by atoms with van der Waals surface area (Å²) in [5, 5.41) is 11.9. The lowest BCUT2D eigenvalue weighted by molar-refractivity contribution is 0.313. The maximum Gasteiger partial charge on any atom is 0.564 e. The molecule has 1 aliphatic heterocycles. The van der Waals surface area contributed by atoms with Crippen LogP contribution >= 0.6 is 30.7 Å². The lowest BCUT2D eigenvalue weighted by Crippen LogP contribution is -2.38. The van der Waals surface area contributed by atoms with Crippen molar-refractivity contribution in [3.63, 3.8) is 0 Å². The number of phenols is 1. The molecule has 4 aromatic carbocycles. The van der Waals surface area contributed by atoms with E-state index in [1.165, 1.54) is 0 Å². The van der Waals surface area contributed by atoms with E-state index in [0.717, 1.165) is 26.1 Å². The zero-order valence-corrected chi connectivity index (χ0v) is 24.1. The molecular formula is C31H26ClN2O4PS. The summed E-state index contributed by atoms with van der Waals surface area (Å²) in [6, 6.07) is 30.9. The Labute approximate surface area is 241 Å². The first-order chi connectivity index (χ1) is 19.4. The van der Waals surface area contributed by atoms with Crippen LogP contribution in [0.5, 0.6) is 17.2 Å². The Morgan fingerprint density at radius 2 is 1.57 bits per heavy atom. The van der Waals surface area contributed by atoms with Gasteiger partial charge in [-0.1, -0.05) is 72.3 Å². The second-order valence-corrected chi connectivity index (χ2v) is 12.5. The molecule has 0 fully saturated rings. The van der Waals surface area contributed by atoms with E-state index in [0.29, 0.717) is 35.3 Å². The van der Waals surface area contributed by atoms with Crippen LogP contribution in [0.4, 0.5) is 0 Å². The Kier molecular flexibility index (Phi) is 7.28. The quantitative estimate of drug-likeness (QED) is 0.192. The van der Waals surface area contributed by atoms with Crippen LogP contribution in [0.1, 0.15) is 29.0 Å². The van der Waals surface area contributed by atoms with E-state index in [1.54, 1.807) is 72.0 Å². The first kappa shape index (κ1) is 26.5. The predicted octanol–water partition coefficient (Wildman–Crippen LogP) is 9.04. The van der Waals surface area contributed by atoms with Gasteiger partial charge in [-0.2, -0.15) is 0 Å². The number of hydrogen-bond acceptors (Lipinski definition) is 5. The number of benzene rings is 4. The van der Waals surface area contributed by atoms with E-state index in [4.69, 9.17) is 25.4 Å². The third-order valence-electron chi connectivity index (χ3n) is 6.81. The molecule has 6 nitrogen and oxygen atoms in total. The van der Waals surface area contributed by atoms with Crippen molar-refractivity contribution in [2.75, 3.05) is 0 Å². The highest BCUT2D eigenvalue weighted by Crippen LogP contribution is 2.51. The summed E-state index contributed by atoms with van der Waals surface area (Å²) in [4.78, 5) is 3.03. The third kappa shape index (κ3) is 5.46. The van der Waals surface area contributed by atoms with Gasteiger partial charge < -0.3 is 19.1 Å². The fraction of sp³-hybridized carbons (Fsp3) is 0.129. The molecule has 5 aromatic rings. The molecule has 0 aliphatic carbocycles. The Morgan fingerprint density at radius 1 is 0.950 bits per heavy atom. The summed E-state index contributed by atoms with van der Waals surface area (Å²) in [6.45, 7) is 2.47. The van der Waals surface area contributed by atoms with E-state index in [-0.39, 0.29) is 11.8 Å². The SMILES string of the molecule is CC1c2cc(O)ccc2C/C(=N/P(=O)(Oc2ccccc2)Oc2ccccc2)N1Cc1sc2ccccc2c1Cl. The summed E-state index contributed by atoms with van der Waals surface area (Å²) >= 11 is 8.46. The highest BCUT2D eigenvalue weighted by Gasteiger charge is 2.35. The van der Waals surface area contributed by atoms with E-state index >= 15 is 0 Å². The fourth-order valence-corrected chi connectivity index (χ4v) is 7.72. The molecule has 1 atom stereocenters. The lowest BCUT2D eigenvalue weighted by Gasteiger charge is -2.38. The summed E-state index contributed by atoms with van der Waals surface area (Å²) < 4.78 is 32.2. The molecule has 0 saturated carbocycles. The number of hydrogen-bond donors (Lipinski definition) is 1. The summed E-state index contributed by atoms with van der Waals surface area (Å²) in [5.41, 5.74) is 1.95. The average molecular weight is 589 g/mol. The van der Waals surface area contributed by atoms with Gasteiger partial charge in [0.25, 0.3) is 0 Å². The first-order valence-electron chi connectivity index (χ1n) is 12.8. The molecule has 1 unspecified atom stereocenters. The second kappa shape index (κ2) is 11.0. The van der Waals surface area contributed by atoms with E-state index < -0.39 is 7.75 Å². The molecule has 0 saturated heterocycles. The van der Waals surface area contributed by atoms with Crippen molar-refractivity contribution in [1.82, 2.24) is 4.90 Å². The summed E-state index contributed by atoms with van der Waals surface area (Å²) in [5.74, 6) is 1.52. The zero-order chi connectivity index (χ0) is 27.7.